The van der Waals surface area contributed by atoms with Crippen molar-refractivity contribution in [3.8, 4) is 0 Å². The maximum atomic E-state index is 12.1. The Kier molecular flexibility index (Phi) is 6.45. The van der Waals surface area contributed by atoms with E-state index in [1.165, 1.54) is 11.8 Å². The van der Waals surface area contributed by atoms with E-state index in [-0.39, 0.29) is 11.2 Å². The van der Waals surface area contributed by atoms with Crippen LogP contribution >= 0.6 is 46.6 Å². The monoisotopic (exact) mass is 373 g/mol. The average Bonchev–Trinajstić information content (AvgIpc) is 2.48. The van der Waals surface area contributed by atoms with Crippen LogP contribution in [0.25, 0.3) is 0 Å². The van der Waals surface area contributed by atoms with Crippen molar-refractivity contribution >= 4 is 52.5 Å². The Morgan fingerprint density at radius 1 is 1.09 bits per heavy atom. The lowest BCUT2D eigenvalue weighted by molar-refractivity contribution is -0.120. The van der Waals surface area contributed by atoms with Gasteiger partial charge in [0.1, 0.15) is 0 Å². The van der Waals surface area contributed by atoms with Gasteiger partial charge in [-0.1, -0.05) is 40.9 Å². The summed E-state index contributed by atoms with van der Waals surface area (Å²) in [6.45, 7) is 2.23. The van der Waals surface area contributed by atoms with Crippen LogP contribution in [0, 0.1) is 0 Å². The third-order valence-electron chi connectivity index (χ3n) is 2.96. The molecule has 0 bridgehead atoms. The topological polar surface area (TPSA) is 29.1 Å². The summed E-state index contributed by atoms with van der Waals surface area (Å²) < 4.78 is 0. The Morgan fingerprint density at radius 3 is 2.36 bits per heavy atom. The molecule has 2 aromatic carbocycles. The van der Waals surface area contributed by atoms with Gasteiger partial charge in [-0.15, -0.1) is 11.8 Å². The third kappa shape index (κ3) is 5.10. The van der Waals surface area contributed by atoms with Crippen molar-refractivity contribution in [3.63, 3.8) is 0 Å². The number of carbonyl (C=O) groups is 1. The zero-order chi connectivity index (χ0) is 16.1. The Balaban J connectivity index is 1.89. The molecule has 0 saturated carbocycles. The average molecular weight is 375 g/mol. The quantitative estimate of drug-likeness (QED) is 0.706. The maximum Gasteiger partial charge on any atom is 0.233 e. The van der Waals surface area contributed by atoms with Gasteiger partial charge in [0.25, 0.3) is 0 Å². The molecule has 1 atom stereocenters. The zero-order valence-corrected chi connectivity index (χ0v) is 14.9. The van der Waals surface area contributed by atoms with Gasteiger partial charge >= 0.3 is 0 Å². The molecule has 1 amide bonds. The molecule has 2 nitrogen and oxygen atoms in total. The molecule has 1 N–H and O–H groups in total. The number of halogens is 3. The summed E-state index contributed by atoms with van der Waals surface area (Å²) in [6.07, 6.45) is 0. The Labute approximate surface area is 149 Å². The smallest absolute Gasteiger partial charge is 0.233 e. The predicted molar refractivity (Wildman–Crippen MR) is 95.1 cm³/mol. The van der Waals surface area contributed by atoms with Crippen LogP contribution < -0.4 is 5.32 Å². The Hall–Kier alpha value is -0.870. The maximum absolute atomic E-state index is 12.1. The lowest BCUT2D eigenvalue weighted by Crippen LogP contribution is -2.30. The number of amides is 1. The highest BCUT2D eigenvalue weighted by Gasteiger charge is 2.14. The summed E-state index contributed by atoms with van der Waals surface area (Å²) >= 11 is 19.3. The predicted octanol–water partition coefficient (Wildman–Crippen LogP) is 5.44. The zero-order valence-electron chi connectivity index (χ0n) is 11.8. The van der Waals surface area contributed by atoms with Gasteiger partial charge in [-0.05, 0) is 48.9 Å². The Bertz CT molecular complexity index is 661. The molecule has 6 heteroatoms. The lowest BCUT2D eigenvalue weighted by atomic mass is 10.2. The van der Waals surface area contributed by atoms with Gasteiger partial charge < -0.3 is 5.32 Å². The molecule has 0 aliphatic heterocycles. The van der Waals surface area contributed by atoms with E-state index in [1.807, 2.05) is 37.3 Å². The first kappa shape index (κ1) is 17.5. The first-order valence-corrected chi connectivity index (χ1v) is 8.61. The number of hydrogen-bond acceptors (Lipinski definition) is 2. The van der Waals surface area contributed by atoms with Crippen LogP contribution in [0.2, 0.25) is 15.1 Å². The summed E-state index contributed by atoms with van der Waals surface area (Å²) in [6, 6.07) is 12.6. The largest absolute Gasteiger partial charge is 0.351 e. The number of carbonyl (C=O) groups excluding carboxylic acids is 1. The van der Waals surface area contributed by atoms with Gasteiger partial charge in [0.05, 0.1) is 5.25 Å². The van der Waals surface area contributed by atoms with Crippen molar-refractivity contribution in [1.29, 1.82) is 0 Å². The molecule has 0 aliphatic carbocycles. The molecule has 2 rings (SSSR count). The van der Waals surface area contributed by atoms with Gasteiger partial charge in [-0.25, -0.2) is 0 Å². The third-order valence-corrected chi connectivity index (χ3v) is 4.91. The molecule has 0 heterocycles. The van der Waals surface area contributed by atoms with E-state index in [4.69, 9.17) is 34.8 Å². The molecule has 0 aromatic heterocycles. The van der Waals surface area contributed by atoms with Gasteiger partial charge in [0.15, 0.2) is 0 Å². The highest BCUT2D eigenvalue weighted by atomic mass is 35.5. The minimum Gasteiger partial charge on any atom is -0.351 e. The van der Waals surface area contributed by atoms with E-state index < -0.39 is 0 Å². The number of thioether (sulfide) groups is 1. The molecule has 0 aliphatic rings. The van der Waals surface area contributed by atoms with Crippen molar-refractivity contribution in [2.75, 3.05) is 0 Å². The van der Waals surface area contributed by atoms with Gasteiger partial charge in [-0.3, -0.25) is 4.79 Å². The standard InChI is InChI=1S/C16H14Cl3NOS/c1-10(22-14-6-4-12(17)5-7-14)16(21)20-9-11-2-3-13(18)8-15(11)19/h2-8,10H,9H2,1H3,(H,20,21)/t10-/m1/s1. The van der Waals surface area contributed by atoms with Crippen molar-refractivity contribution in [1.82, 2.24) is 5.32 Å². The van der Waals surface area contributed by atoms with Crippen molar-refractivity contribution in [2.45, 2.75) is 23.6 Å². The van der Waals surface area contributed by atoms with Gasteiger partial charge in [-0.2, -0.15) is 0 Å². The fourth-order valence-corrected chi connectivity index (χ4v) is 3.26. The number of nitrogens with one attached hydrogen (secondary N) is 1. The van der Waals surface area contributed by atoms with Crippen LogP contribution in [-0.4, -0.2) is 11.2 Å². The summed E-state index contributed by atoms with van der Waals surface area (Å²) in [5, 5.41) is 4.46. The van der Waals surface area contributed by atoms with Gasteiger partial charge in [0.2, 0.25) is 5.91 Å². The highest BCUT2D eigenvalue weighted by molar-refractivity contribution is 8.00. The molecule has 2 aromatic rings. The first-order valence-electron chi connectivity index (χ1n) is 6.59. The van der Waals surface area contributed by atoms with Crippen molar-refractivity contribution < 1.29 is 4.79 Å². The highest BCUT2D eigenvalue weighted by Crippen LogP contribution is 2.25. The molecule has 0 saturated heterocycles. The van der Waals surface area contributed by atoms with E-state index in [1.54, 1.807) is 12.1 Å². The van der Waals surface area contributed by atoms with Crippen LogP contribution in [-0.2, 0) is 11.3 Å². The second-order valence-electron chi connectivity index (χ2n) is 4.67. The van der Waals surface area contributed by atoms with Crippen molar-refractivity contribution in [2.24, 2.45) is 0 Å². The SMILES string of the molecule is C[C@@H](Sc1ccc(Cl)cc1)C(=O)NCc1ccc(Cl)cc1Cl. The van der Waals surface area contributed by atoms with Crippen molar-refractivity contribution in [3.05, 3.63) is 63.1 Å². The molecular formula is C16H14Cl3NOS. The van der Waals surface area contributed by atoms with E-state index in [9.17, 15) is 4.79 Å². The second-order valence-corrected chi connectivity index (χ2v) is 7.36. The fraction of sp³-hybridized carbons (Fsp3) is 0.188. The summed E-state index contributed by atoms with van der Waals surface area (Å²) in [5.74, 6) is -0.0500. The lowest BCUT2D eigenvalue weighted by Gasteiger charge is -2.13. The molecule has 0 spiro atoms. The Morgan fingerprint density at radius 2 is 1.73 bits per heavy atom. The summed E-state index contributed by atoms with van der Waals surface area (Å²) in [4.78, 5) is 13.1. The molecule has 0 radical (unpaired) electrons. The van der Waals surface area contributed by atoms with E-state index >= 15 is 0 Å². The van der Waals surface area contributed by atoms with E-state index in [0.29, 0.717) is 21.6 Å². The molecule has 116 valence electrons. The second kappa shape index (κ2) is 8.11. The van der Waals surface area contributed by atoms with Gasteiger partial charge in [0, 0.05) is 26.5 Å². The first-order chi connectivity index (χ1) is 10.5. The number of rotatable bonds is 5. The normalized spacial score (nSPS) is 12.0. The minimum atomic E-state index is -0.216. The summed E-state index contributed by atoms with van der Waals surface area (Å²) in [5.41, 5.74) is 0.836. The van der Waals surface area contributed by atoms with Crippen LogP contribution in [0.5, 0.6) is 0 Å². The van der Waals surface area contributed by atoms with Crippen LogP contribution in [0.3, 0.4) is 0 Å². The minimum absolute atomic E-state index is 0.0500. The van der Waals surface area contributed by atoms with E-state index in [0.717, 1.165) is 10.5 Å². The molecular weight excluding hydrogens is 361 g/mol. The molecule has 0 fully saturated rings. The number of benzene rings is 2. The van der Waals surface area contributed by atoms with E-state index in [2.05, 4.69) is 5.32 Å². The van der Waals surface area contributed by atoms with Crippen LogP contribution in [0.4, 0.5) is 0 Å². The molecule has 22 heavy (non-hydrogen) atoms. The fourth-order valence-electron chi connectivity index (χ4n) is 1.76. The summed E-state index contributed by atoms with van der Waals surface area (Å²) in [7, 11) is 0. The van der Waals surface area contributed by atoms with Crippen LogP contribution in [0.1, 0.15) is 12.5 Å². The molecule has 0 unspecified atom stereocenters. The number of hydrogen-bond donors (Lipinski definition) is 1. The van der Waals surface area contributed by atoms with Crippen LogP contribution in [0.15, 0.2) is 47.4 Å².